The lowest BCUT2D eigenvalue weighted by atomic mass is 9.89. The van der Waals surface area contributed by atoms with Crippen LogP contribution in [0.25, 0.3) is 10.9 Å². The van der Waals surface area contributed by atoms with Crippen molar-refractivity contribution in [2.75, 3.05) is 51.8 Å². The summed E-state index contributed by atoms with van der Waals surface area (Å²) in [5, 5.41) is 18.1. The highest BCUT2D eigenvalue weighted by Crippen LogP contribution is 2.40. The van der Waals surface area contributed by atoms with Crippen LogP contribution < -0.4 is 9.64 Å². The number of anilines is 1. The van der Waals surface area contributed by atoms with Crippen LogP contribution in [0.1, 0.15) is 47.7 Å². The van der Waals surface area contributed by atoms with Gasteiger partial charge in [0.15, 0.2) is 0 Å². The lowest BCUT2D eigenvalue weighted by Crippen LogP contribution is -2.55. The number of hydrogen-bond donors (Lipinski definition) is 1. The standard InChI is InChI=1S/C31H39N9O2/c1-5-28(41)40-14-13-39(17-21(40)10-11-32)30-24-18-38(4)27(29-20(2)8-9-25-23(29)16-33-36-25)15-26(24)34-31(35-30)42-19-22-7-6-12-37(22)3/h5,8-9,16,21-22,27H,1,6-7,10,12-15,17-19H2,2-4H3,(H,33,36)/t21-,22-,27?/m0/s1. The summed E-state index contributed by atoms with van der Waals surface area (Å²) in [6.45, 7) is 9.73. The lowest BCUT2D eigenvalue weighted by Gasteiger charge is -2.42. The van der Waals surface area contributed by atoms with Crippen molar-refractivity contribution in [3.8, 4) is 12.1 Å². The number of aromatic amines is 1. The zero-order valence-electron chi connectivity index (χ0n) is 24.7. The van der Waals surface area contributed by atoms with Crippen LogP contribution >= 0.6 is 0 Å². The molecule has 0 bridgehead atoms. The summed E-state index contributed by atoms with van der Waals surface area (Å²) in [4.78, 5) is 31.2. The van der Waals surface area contributed by atoms with Crippen molar-refractivity contribution >= 4 is 22.6 Å². The predicted octanol–water partition coefficient (Wildman–Crippen LogP) is 2.98. The van der Waals surface area contributed by atoms with Crippen LogP contribution in [0, 0.1) is 18.3 Å². The molecule has 11 nitrogen and oxygen atoms in total. The number of nitrogens with zero attached hydrogens (tertiary/aromatic N) is 8. The Balaban J connectivity index is 1.36. The molecule has 2 saturated heterocycles. The summed E-state index contributed by atoms with van der Waals surface area (Å²) < 4.78 is 6.31. The average molecular weight is 570 g/mol. The molecule has 1 N–H and O–H groups in total. The third-order valence-electron chi connectivity index (χ3n) is 9.24. The largest absolute Gasteiger partial charge is 0.462 e. The van der Waals surface area contributed by atoms with Gasteiger partial charge in [-0.05, 0) is 63.7 Å². The number of piperazine rings is 1. The number of fused-ring (bicyclic) bond motifs is 2. The van der Waals surface area contributed by atoms with Gasteiger partial charge in [-0.2, -0.15) is 20.3 Å². The minimum atomic E-state index is -0.244. The van der Waals surface area contributed by atoms with Crippen molar-refractivity contribution in [3.05, 3.63) is 53.4 Å². The lowest BCUT2D eigenvalue weighted by molar-refractivity contribution is -0.128. The summed E-state index contributed by atoms with van der Waals surface area (Å²) >= 11 is 0. The molecule has 2 aromatic heterocycles. The van der Waals surface area contributed by atoms with E-state index in [1.165, 1.54) is 23.6 Å². The first-order chi connectivity index (χ1) is 20.4. The first-order valence-electron chi connectivity index (χ1n) is 14.8. The number of likely N-dealkylation sites (tertiary alicyclic amines) is 1. The van der Waals surface area contributed by atoms with Crippen molar-refractivity contribution < 1.29 is 9.53 Å². The van der Waals surface area contributed by atoms with Gasteiger partial charge in [0.05, 0.1) is 35.9 Å². The number of hydrogen-bond acceptors (Lipinski definition) is 9. The number of likely N-dealkylation sites (N-methyl/N-ethyl adjacent to an activating group) is 2. The molecule has 42 heavy (non-hydrogen) atoms. The molecule has 0 radical (unpaired) electrons. The van der Waals surface area contributed by atoms with Crippen molar-refractivity contribution in [1.29, 1.82) is 5.26 Å². The van der Waals surface area contributed by atoms with E-state index in [0.717, 1.165) is 40.9 Å². The third kappa shape index (κ3) is 5.21. The zero-order valence-corrected chi connectivity index (χ0v) is 24.7. The van der Waals surface area contributed by atoms with Crippen molar-refractivity contribution in [1.82, 2.24) is 34.9 Å². The molecule has 11 heteroatoms. The summed E-state index contributed by atoms with van der Waals surface area (Å²) in [5.41, 5.74) is 5.57. The summed E-state index contributed by atoms with van der Waals surface area (Å²) in [7, 11) is 4.29. The van der Waals surface area contributed by atoms with Crippen molar-refractivity contribution in [3.63, 3.8) is 0 Å². The molecule has 1 amide bonds. The number of aromatic nitrogens is 4. The van der Waals surface area contributed by atoms with Gasteiger partial charge in [0.2, 0.25) is 5.91 Å². The van der Waals surface area contributed by atoms with E-state index in [-0.39, 0.29) is 24.4 Å². The molecule has 220 valence electrons. The normalized spacial score (nSPS) is 23.1. The van der Waals surface area contributed by atoms with Gasteiger partial charge in [-0.15, -0.1) is 0 Å². The first-order valence-corrected chi connectivity index (χ1v) is 14.8. The average Bonchev–Trinajstić information content (AvgIpc) is 3.64. The Morgan fingerprint density at radius 2 is 2.07 bits per heavy atom. The fourth-order valence-corrected chi connectivity index (χ4v) is 6.86. The number of nitriles is 1. The van der Waals surface area contributed by atoms with Gasteiger partial charge >= 0.3 is 6.01 Å². The molecule has 5 heterocycles. The molecule has 6 rings (SSSR count). The SMILES string of the molecule is C=CC(=O)N1CCN(c2nc(OC[C@@H]3CCCN3C)nc3c2CN(C)C(c2c(C)ccc4[nH]ncc24)C3)C[C@@H]1CC#N. The molecule has 3 atom stereocenters. The summed E-state index contributed by atoms with van der Waals surface area (Å²) in [6, 6.07) is 7.11. The number of carbonyl (C=O) groups is 1. The van der Waals surface area contributed by atoms with E-state index in [9.17, 15) is 10.1 Å². The van der Waals surface area contributed by atoms with Crippen LogP contribution in [-0.4, -0.2) is 99.7 Å². The highest BCUT2D eigenvalue weighted by molar-refractivity contribution is 5.87. The van der Waals surface area contributed by atoms with Gasteiger partial charge < -0.3 is 19.4 Å². The van der Waals surface area contributed by atoms with Crippen LogP contribution in [0.3, 0.4) is 0 Å². The molecule has 2 fully saturated rings. The molecule has 0 aliphatic carbocycles. The van der Waals surface area contributed by atoms with Crippen LogP contribution in [0.15, 0.2) is 31.0 Å². The second-order valence-electron chi connectivity index (χ2n) is 11.8. The molecule has 3 aliphatic heterocycles. The molecule has 0 spiro atoms. The van der Waals surface area contributed by atoms with E-state index in [1.807, 2.05) is 6.20 Å². The maximum atomic E-state index is 12.6. The van der Waals surface area contributed by atoms with E-state index in [0.29, 0.717) is 51.3 Å². The predicted molar refractivity (Wildman–Crippen MR) is 160 cm³/mol. The Kier molecular flexibility index (Phi) is 7.84. The Morgan fingerprint density at radius 1 is 1.21 bits per heavy atom. The number of rotatable bonds is 7. The van der Waals surface area contributed by atoms with Gasteiger partial charge in [0.25, 0.3) is 0 Å². The Bertz CT molecular complexity index is 1530. The monoisotopic (exact) mass is 569 g/mol. The fourth-order valence-electron chi connectivity index (χ4n) is 6.86. The molecule has 3 aliphatic rings. The molecule has 1 unspecified atom stereocenters. The van der Waals surface area contributed by atoms with Crippen LogP contribution in [0.5, 0.6) is 6.01 Å². The van der Waals surface area contributed by atoms with Crippen molar-refractivity contribution in [2.24, 2.45) is 0 Å². The van der Waals surface area contributed by atoms with Gasteiger partial charge in [0, 0.05) is 55.6 Å². The van der Waals surface area contributed by atoms with Gasteiger partial charge in [-0.3, -0.25) is 14.8 Å². The zero-order chi connectivity index (χ0) is 29.4. The van der Waals surface area contributed by atoms with Crippen LogP contribution in [0.4, 0.5) is 5.82 Å². The van der Waals surface area contributed by atoms with E-state index in [4.69, 9.17) is 14.7 Å². The molecular formula is C31H39N9O2. The van der Waals surface area contributed by atoms with E-state index in [1.54, 1.807) is 4.90 Å². The van der Waals surface area contributed by atoms with Gasteiger partial charge in [0.1, 0.15) is 12.4 Å². The van der Waals surface area contributed by atoms with E-state index in [2.05, 4.69) is 70.7 Å². The minimum Gasteiger partial charge on any atom is -0.462 e. The molecular weight excluding hydrogens is 530 g/mol. The number of H-pyrrole nitrogens is 1. The highest BCUT2D eigenvalue weighted by atomic mass is 16.5. The second kappa shape index (κ2) is 11.7. The Hall–Kier alpha value is -4.01. The second-order valence-corrected chi connectivity index (χ2v) is 11.8. The Labute approximate surface area is 246 Å². The van der Waals surface area contributed by atoms with Gasteiger partial charge in [-0.1, -0.05) is 12.6 Å². The number of carbonyl (C=O) groups excluding carboxylic acids is 1. The van der Waals surface area contributed by atoms with Crippen LogP contribution in [0.2, 0.25) is 0 Å². The molecule has 1 aromatic carbocycles. The number of benzene rings is 1. The molecule has 3 aromatic rings. The quantitative estimate of drug-likeness (QED) is 0.429. The van der Waals surface area contributed by atoms with Gasteiger partial charge in [-0.25, -0.2) is 0 Å². The fraction of sp³-hybridized carbons (Fsp3) is 0.516. The number of ether oxygens (including phenoxy) is 1. The maximum Gasteiger partial charge on any atom is 0.318 e. The molecule has 0 saturated carbocycles. The highest BCUT2D eigenvalue weighted by Gasteiger charge is 2.36. The third-order valence-corrected chi connectivity index (χ3v) is 9.24. The van der Waals surface area contributed by atoms with Crippen LogP contribution in [-0.2, 0) is 17.8 Å². The summed E-state index contributed by atoms with van der Waals surface area (Å²) in [6.07, 6.45) is 6.47. The Morgan fingerprint density at radius 3 is 2.83 bits per heavy atom. The van der Waals surface area contributed by atoms with E-state index < -0.39 is 0 Å². The van der Waals surface area contributed by atoms with E-state index >= 15 is 0 Å². The number of amides is 1. The number of nitrogens with one attached hydrogen (secondary N) is 1. The first kappa shape index (κ1) is 28.1. The van der Waals surface area contributed by atoms with Crippen molar-refractivity contribution in [2.45, 2.75) is 57.3 Å². The maximum absolute atomic E-state index is 12.6. The topological polar surface area (TPSA) is 118 Å². The minimum absolute atomic E-state index is 0.115. The number of aryl methyl sites for hydroxylation is 1. The smallest absolute Gasteiger partial charge is 0.318 e. The summed E-state index contributed by atoms with van der Waals surface area (Å²) in [5.74, 6) is 0.697.